The molecule has 1 aliphatic rings. The number of aliphatic hydroxyl groups is 1. The van der Waals surface area contributed by atoms with Gasteiger partial charge in [0.15, 0.2) is 0 Å². The minimum absolute atomic E-state index is 0.0213. The summed E-state index contributed by atoms with van der Waals surface area (Å²) in [4.78, 5) is 18.4. The Labute approximate surface area is 159 Å². The van der Waals surface area contributed by atoms with Gasteiger partial charge in [0.2, 0.25) is 10.0 Å². The van der Waals surface area contributed by atoms with Crippen molar-refractivity contribution in [2.24, 2.45) is 5.92 Å². The maximum Gasteiger partial charge on any atom is 0.253 e. The summed E-state index contributed by atoms with van der Waals surface area (Å²) in [6, 6.07) is 10.3. The first-order valence-electron chi connectivity index (χ1n) is 8.66. The van der Waals surface area contributed by atoms with Gasteiger partial charge >= 0.3 is 0 Å². The van der Waals surface area contributed by atoms with Crippen LogP contribution < -0.4 is 4.31 Å². The Hall–Kier alpha value is -2.45. The fourth-order valence-corrected chi connectivity index (χ4v) is 3.73. The van der Waals surface area contributed by atoms with Gasteiger partial charge in [0, 0.05) is 44.0 Å². The normalized spacial score (nSPS) is 19.9. The van der Waals surface area contributed by atoms with Gasteiger partial charge < -0.3 is 10.0 Å². The van der Waals surface area contributed by atoms with E-state index >= 15 is 0 Å². The smallest absolute Gasteiger partial charge is 0.253 e. The zero-order valence-corrected chi connectivity index (χ0v) is 16.1. The van der Waals surface area contributed by atoms with Gasteiger partial charge in [-0.1, -0.05) is 0 Å². The summed E-state index contributed by atoms with van der Waals surface area (Å²) in [6.07, 6.45) is 4.67. The Morgan fingerprint density at radius 1 is 1.19 bits per heavy atom. The fraction of sp³-hybridized carbons (Fsp3) is 0.368. The monoisotopic (exact) mass is 389 g/mol. The predicted molar refractivity (Wildman–Crippen MR) is 103 cm³/mol. The molecule has 2 heterocycles. The number of pyridine rings is 1. The van der Waals surface area contributed by atoms with E-state index in [1.54, 1.807) is 41.6 Å². The molecule has 0 bridgehead atoms. The van der Waals surface area contributed by atoms with Gasteiger partial charge in [-0.05, 0) is 48.4 Å². The number of carbonyl (C=O) groups is 1. The standard InChI is InChI=1S/C19H23N3O4S/c1-21(27(2,25)26)17-5-3-15(4-6-17)19(24)22-12-16(18(23)13-22)11-14-7-9-20-10-8-14/h3-10,16,18,23H,11-13H2,1-2H3/t16-,18+/m1/s1. The van der Waals surface area contributed by atoms with Crippen LogP contribution in [0.3, 0.4) is 0 Å². The number of carbonyl (C=O) groups excluding carboxylic acids is 1. The van der Waals surface area contributed by atoms with Crippen molar-refractivity contribution in [1.82, 2.24) is 9.88 Å². The molecule has 1 amide bonds. The van der Waals surface area contributed by atoms with E-state index in [-0.39, 0.29) is 11.8 Å². The number of nitrogens with zero attached hydrogens (tertiary/aromatic N) is 3. The fourth-order valence-electron chi connectivity index (χ4n) is 3.23. The Morgan fingerprint density at radius 2 is 1.81 bits per heavy atom. The molecule has 2 atom stereocenters. The lowest BCUT2D eigenvalue weighted by atomic mass is 9.97. The van der Waals surface area contributed by atoms with Crippen LogP contribution >= 0.6 is 0 Å². The number of aromatic nitrogens is 1. The molecular weight excluding hydrogens is 366 g/mol. The van der Waals surface area contributed by atoms with Crippen molar-refractivity contribution < 1.29 is 18.3 Å². The van der Waals surface area contributed by atoms with Crippen molar-refractivity contribution in [1.29, 1.82) is 0 Å². The average molecular weight is 389 g/mol. The molecule has 0 saturated carbocycles. The summed E-state index contributed by atoms with van der Waals surface area (Å²) < 4.78 is 24.4. The first-order chi connectivity index (χ1) is 12.8. The second-order valence-electron chi connectivity index (χ2n) is 6.87. The van der Waals surface area contributed by atoms with Gasteiger partial charge in [0.25, 0.3) is 5.91 Å². The van der Waals surface area contributed by atoms with Crippen LogP contribution in [0.1, 0.15) is 15.9 Å². The van der Waals surface area contributed by atoms with E-state index in [0.29, 0.717) is 30.8 Å². The van der Waals surface area contributed by atoms with Gasteiger partial charge in [0.1, 0.15) is 0 Å². The summed E-state index contributed by atoms with van der Waals surface area (Å²) in [6.45, 7) is 0.771. The Morgan fingerprint density at radius 3 is 2.41 bits per heavy atom. The molecule has 8 heteroatoms. The maximum atomic E-state index is 12.7. The number of hydrogen-bond acceptors (Lipinski definition) is 5. The van der Waals surface area contributed by atoms with Crippen LogP contribution in [-0.2, 0) is 16.4 Å². The van der Waals surface area contributed by atoms with E-state index in [2.05, 4.69) is 4.98 Å². The van der Waals surface area contributed by atoms with Crippen LogP contribution in [0.2, 0.25) is 0 Å². The number of amides is 1. The topological polar surface area (TPSA) is 90.8 Å². The molecule has 1 aromatic heterocycles. The van der Waals surface area contributed by atoms with E-state index in [4.69, 9.17) is 0 Å². The number of anilines is 1. The van der Waals surface area contributed by atoms with Crippen molar-refractivity contribution in [3.63, 3.8) is 0 Å². The highest BCUT2D eigenvalue weighted by molar-refractivity contribution is 7.92. The molecule has 144 valence electrons. The Bertz CT molecular complexity index is 900. The van der Waals surface area contributed by atoms with Gasteiger partial charge in [-0.15, -0.1) is 0 Å². The van der Waals surface area contributed by atoms with Crippen molar-refractivity contribution in [2.45, 2.75) is 12.5 Å². The van der Waals surface area contributed by atoms with E-state index in [0.717, 1.165) is 16.1 Å². The third kappa shape index (κ3) is 4.45. The molecule has 1 N–H and O–H groups in total. The second kappa shape index (κ2) is 7.66. The van der Waals surface area contributed by atoms with Crippen molar-refractivity contribution in [3.05, 3.63) is 59.9 Å². The average Bonchev–Trinajstić information content (AvgIpc) is 3.01. The maximum absolute atomic E-state index is 12.7. The molecule has 1 fully saturated rings. The van der Waals surface area contributed by atoms with Gasteiger partial charge in [-0.3, -0.25) is 14.1 Å². The van der Waals surface area contributed by atoms with E-state index in [9.17, 15) is 18.3 Å². The molecule has 1 aromatic carbocycles. The van der Waals surface area contributed by atoms with Crippen LogP contribution in [0.25, 0.3) is 0 Å². The number of rotatable bonds is 5. The number of aliphatic hydroxyl groups excluding tert-OH is 1. The molecule has 0 radical (unpaired) electrons. The quantitative estimate of drug-likeness (QED) is 0.829. The molecule has 7 nitrogen and oxygen atoms in total. The van der Waals surface area contributed by atoms with Gasteiger partial charge in [-0.2, -0.15) is 0 Å². The number of sulfonamides is 1. The number of benzene rings is 1. The zero-order valence-electron chi connectivity index (χ0n) is 15.3. The SMILES string of the molecule is CN(c1ccc(C(=O)N2C[C@@H](Cc3ccncc3)[C@@H](O)C2)cc1)S(C)(=O)=O. The highest BCUT2D eigenvalue weighted by Gasteiger charge is 2.34. The summed E-state index contributed by atoms with van der Waals surface area (Å²) in [5.74, 6) is -0.188. The molecule has 3 rings (SSSR count). The molecule has 0 aliphatic carbocycles. The highest BCUT2D eigenvalue weighted by Crippen LogP contribution is 2.24. The lowest BCUT2D eigenvalue weighted by molar-refractivity contribution is 0.0764. The zero-order chi connectivity index (χ0) is 19.6. The molecule has 27 heavy (non-hydrogen) atoms. The summed E-state index contributed by atoms with van der Waals surface area (Å²) >= 11 is 0. The largest absolute Gasteiger partial charge is 0.391 e. The van der Waals surface area contributed by atoms with E-state index in [1.165, 1.54) is 7.05 Å². The third-order valence-electron chi connectivity index (χ3n) is 4.92. The Kier molecular flexibility index (Phi) is 5.48. The molecular formula is C19H23N3O4S. The molecule has 0 spiro atoms. The molecule has 2 aromatic rings. The van der Waals surface area contributed by atoms with Crippen molar-refractivity contribution in [2.75, 3.05) is 30.7 Å². The molecule has 1 saturated heterocycles. The summed E-state index contributed by atoms with van der Waals surface area (Å²) in [5, 5.41) is 10.3. The van der Waals surface area contributed by atoms with E-state index < -0.39 is 16.1 Å². The van der Waals surface area contributed by atoms with Crippen LogP contribution in [0, 0.1) is 5.92 Å². The number of likely N-dealkylation sites (tertiary alicyclic amines) is 1. The minimum Gasteiger partial charge on any atom is -0.391 e. The lowest BCUT2D eigenvalue weighted by Crippen LogP contribution is -2.30. The Balaban J connectivity index is 1.67. The van der Waals surface area contributed by atoms with Crippen LogP contribution in [0.15, 0.2) is 48.8 Å². The first kappa shape index (κ1) is 19.3. The second-order valence-corrected chi connectivity index (χ2v) is 8.89. The van der Waals surface area contributed by atoms with Crippen molar-refractivity contribution in [3.8, 4) is 0 Å². The van der Waals surface area contributed by atoms with E-state index in [1.807, 2.05) is 12.1 Å². The third-order valence-corrected chi connectivity index (χ3v) is 6.12. The van der Waals surface area contributed by atoms with Crippen LogP contribution in [0.4, 0.5) is 5.69 Å². The van der Waals surface area contributed by atoms with Crippen LogP contribution in [0.5, 0.6) is 0 Å². The van der Waals surface area contributed by atoms with Crippen molar-refractivity contribution >= 4 is 21.6 Å². The minimum atomic E-state index is -3.35. The predicted octanol–water partition coefficient (Wildman–Crippen LogP) is 1.15. The molecule has 0 unspecified atom stereocenters. The number of hydrogen-bond donors (Lipinski definition) is 1. The molecule has 1 aliphatic heterocycles. The van der Waals surface area contributed by atoms with Crippen LogP contribution in [-0.4, -0.2) is 61.8 Å². The highest BCUT2D eigenvalue weighted by atomic mass is 32.2. The van der Waals surface area contributed by atoms with Gasteiger partial charge in [-0.25, -0.2) is 8.42 Å². The number of β-amino-alcohol motifs (C(OH)–C–C–N with tert-alkyl or cyclic N) is 1. The first-order valence-corrected chi connectivity index (χ1v) is 10.5. The summed E-state index contributed by atoms with van der Waals surface area (Å²) in [7, 11) is -1.88. The summed E-state index contributed by atoms with van der Waals surface area (Å²) in [5.41, 5.74) is 2.04. The van der Waals surface area contributed by atoms with Gasteiger partial charge in [0.05, 0.1) is 18.0 Å². The lowest BCUT2D eigenvalue weighted by Gasteiger charge is -2.19.